The van der Waals surface area contributed by atoms with E-state index in [1.54, 1.807) is 24.3 Å². The van der Waals surface area contributed by atoms with Gasteiger partial charge in [-0.25, -0.2) is 4.79 Å². The Kier molecular flexibility index (Phi) is 6.73. The second-order valence-electron chi connectivity index (χ2n) is 7.98. The van der Waals surface area contributed by atoms with E-state index in [1.165, 1.54) is 19.1 Å². The highest BCUT2D eigenvalue weighted by molar-refractivity contribution is 5.94. The normalized spacial score (nSPS) is 13.1. The van der Waals surface area contributed by atoms with Crippen LogP contribution < -0.4 is 10.6 Å². The van der Waals surface area contributed by atoms with Crippen LogP contribution in [-0.2, 0) is 14.3 Å². The molecule has 3 N–H and O–H groups in total. The molecule has 0 radical (unpaired) electrons. The summed E-state index contributed by atoms with van der Waals surface area (Å²) in [6.07, 6.45) is 2.20. The summed E-state index contributed by atoms with van der Waals surface area (Å²) in [5, 5.41) is 13.9. The molecule has 7 heteroatoms. The van der Waals surface area contributed by atoms with E-state index >= 15 is 0 Å². The van der Waals surface area contributed by atoms with Gasteiger partial charge in [0.15, 0.2) is 0 Å². The van der Waals surface area contributed by atoms with Crippen molar-refractivity contribution in [3.05, 3.63) is 95.6 Å². The van der Waals surface area contributed by atoms with Crippen molar-refractivity contribution in [2.45, 2.75) is 18.9 Å². The van der Waals surface area contributed by atoms with Crippen molar-refractivity contribution < 1.29 is 24.2 Å². The zero-order valence-corrected chi connectivity index (χ0v) is 18.5. The number of nitrogens with one attached hydrogen (secondary N) is 2. The van der Waals surface area contributed by atoms with Gasteiger partial charge < -0.3 is 15.2 Å². The number of amides is 2. The number of fused-ring (bicyclic) bond motifs is 3. The molecule has 0 fully saturated rings. The molecule has 0 aliphatic heterocycles. The maximum atomic E-state index is 12.5. The highest BCUT2D eigenvalue weighted by Crippen LogP contribution is 2.44. The molecule has 3 aromatic carbocycles. The lowest BCUT2D eigenvalue weighted by atomic mass is 9.98. The van der Waals surface area contributed by atoms with Gasteiger partial charge in [0.2, 0.25) is 5.91 Å². The van der Waals surface area contributed by atoms with Gasteiger partial charge in [-0.15, -0.1) is 0 Å². The quantitative estimate of drug-likeness (QED) is 0.449. The van der Waals surface area contributed by atoms with E-state index < -0.39 is 24.0 Å². The maximum absolute atomic E-state index is 12.5. The summed E-state index contributed by atoms with van der Waals surface area (Å²) in [5.41, 5.74) is 5.77. The van der Waals surface area contributed by atoms with Gasteiger partial charge in [-0.2, -0.15) is 0 Å². The third-order valence-corrected chi connectivity index (χ3v) is 5.63. The number of carboxylic acids is 1. The topological polar surface area (TPSA) is 105 Å². The monoisotopic (exact) mass is 456 g/mol. The molecule has 1 aliphatic rings. The van der Waals surface area contributed by atoms with Crippen LogP contribution in [0, 0.1) is 0 Å². The van der Waals surface area contributed by atoms with Crippen LogP contribution in [-0.4, -0.2) is 35.7 Å². The first-order chi connectivity index (χ1) is 16.4. The van der Waals surface area contributed by atoms with E-state index in [4.69, 9.17) is 9.84 Å². The number of hydrogen-bond donors (Lipinski definition) is 3. The molecule has 2 amide bonds. The third kappa shape index (κ3) is 5.15. The van der Waals surface area contributed by atoms with E-state index in [-0.39, 0.29) is 12.5 Å². The predicted molar refractivity (Wildman–Crippen MR) is 129 cm³/mol. The first-order valence-corrected chi connectivity index (χ1v) is 10.9. The minimum atomic E-state index is -1.11. The number of carboxylic acid groups (broad SMARTS) is 1. The molecular weight excluding hydrogens is 432 g/mol. The number of ether oxygens (including phenoxy) is 1. The fourth-order valence-corrected chi connectivity index (χ4v) is 3.97. The molecule has 0 bridgehead atoms. The van der Waals surface area contributed by atoms with Crippen LogP contribution in [0.5, 0.6) is 0 Å². The van der Waals surface area contributed by atoms with Gasteiger partial charge in [0.05, 0.1) is 0 Å². The van der Waals surface area contributed by atoms with Gasteiger partial charge in [0, 0.05) is 17.7 Å². The summed E-state index contributed by atoms with van der Waals surface area (Å²) >= 11 is 0. The number of benzene rings is 3. The van der Waals surface area contributed by atoms with Crippen LogP contribution >= 0.6 is 0 Å². The third-order valence-electron chi connectivity index (χ3n) is 5.63. The summed E-state index contributed by atoms with van der Waals surface area (Å²) in [5.74, 6) is -1.67. The fraction of sp³-hybridized carbons (Fsp3) is 0.148. The Labute approximate surface area is 197 Å². The van der Waals surface area contributed by atoms with Crippen LogP contribution in [0.2, 0.25) is 0 Å². The zero-order chi connectivity index (χ0) is 24.1. The van der Waals surface area contributed by atoms with Crippen LogP contribution in [0.15, 0.2) is 78.9 Å². The molecule has 0 aromatic heterocycles. The van der Waals surface area contributed by atoms with Gasteiger partial charge in [-0.1, -0.05) is 60.7 Å². The Morgan fingerprint density at radius 1 is 0.971 bits per heavy atom. The first kappa shape index (κ1) is 22.8. The smallest absolute Gasteiger partial charge is 0.411 e. The summed E-state index contributed by atoms with van der Waals surface area (Å²) < 4.78 is 5.56. The van der Waals surface area contributed by atoms with E-state index in [1.807, 2.05) is 24.3 Å². The number of aliphatic carboxylic acids is 1. The standard InChI is InChI=1S/C27H24N2O5/c1-17(26(31)32)28-25(30)14-13-18-7-6-8-19(15-18)29-27(33)34-16-24-22-11-4-2-9-20(22)21-10-3-5-12-23(21)24/h2-15,17,24H,16H2,1H3,(H,28,30)(H,29,33)(H,31,32)/b14-13+/t17-/m1/s1. The molecule has 1 aliphatic carbocycles. The van der Waals surface area contributed by atoms with E-state index in [0.717, 1.165) is 22.3 Å². The summed E-state index contributed by atoms with van der Waals surface area (Å²) in [4.78, 5) is 35.1. The van der Waals surface area contributed by atoms with E-state index in [2.05, 4.69) is 34.9 Å². The van der Waals surface area contributed by atoms with Crippen molar-refractivity contribution in [3.63, 3.8) is 0 Å². The average molecular weight is 456 g/mol. The highest BCUT2D eigenvalue weighted by atomic mass is 16.5. The Morgan fingerprint density at radius 3 is 2.26 bits per heavy atom. The Hall–Kier alpha value is -4.39. The number of anilines is 1. The number of rotatable bonds is 7. The van der Waals surface area contributed by atoms with Crippen LogP contribution in [0.25, 0.3) is 17.2 Å². The minimum Gasteiger partial charge on any atom is -0.480 e. The Bertz CT molecular complexity index is 1220. The minimum absolute atomic E-state index is 0.0286. The summed E-state index contributed by atoms with van der Waals surface area (Å²) in [6.45, 7) is 1.59. The maximum Gasteiger partial charge on any atom is 0.411 e. The molecule has 7 nitrogen and oxygen atoms in total. The SMILES string of the molecule is C[C@@H](NC(=O)/C=C/c1cccc(NC(=O)OCC2c3ccccc3-c3ccccc32)c1)C(=O)O. The van der Waals surface area contributed by atoms with Crippen molar-refractivity contribution >= 4 is 29.7 Å². The highest BCUT2D eigenvalue weighted by Gasteiger charge is 2.29. The van der Waals surface area contributed by atoms with Crippen molar-refractivity contribution in [2.24, 2.45) is 0 Å². The van der Waals surface area contributed by atoms with Crippen LogP contribution in [0.1, 0.15) is 29.5 Å². The fourth-order valence-electron chi connectivity index (χ4n) is 3.97. The largest absolute Gasteiger partial charge is 0.480 e. The molecule has 1 atom stereocenters. The lowest BCUT2D eigenvalue weighted by Gasteiger charge is -2.14. The molecule has 0 unspecified atom stereocenters. The molecular formula is C27H24N2O5. The molecule has 0 heterocycles. The molecule has 3 aromatic rings. The lowest BCUT2D eigenvalue weighted by molar-refractivity contribution is -0.140. The van der Waals surface area contributed by atoms with Crippen LogP contribution in [0.3, 0.4) is 0 Å². The van der Waals surface area contributed by atoms with Crippen molar-refractivity contribution in [1.29, 1.82) is 0 Å². The molecule has 172 valence electrons. The average Bonchev–Trinajstić information content (AvgIpc) is 3.15. The molecule has 0 saturated carbocycles. The van der Waals surface area contributed by atoms with Gasteiger partial charge >= 0.3 is 12.1 Å². The summed E-state index contributed by atoms with van der Waals surface area (Å²) in [6, 6.07) is 22.2. The van der Waals surface area contributed by atoms with Gasteiger partial charge in [-0.3, -0.25) is 14.9 Å². The molecule has 0 saturated heterocycles. The number of hydrogen-bond acceptors (Lipinski definition) is 4. The molecule has 4 rings (SSSR count). The summed E-state index contributed by atoms with van der Waals surface area (Å²) in [7, 11) is 0. The van der Waals surface area contributed by atoms with E-state index in [0.29, 0.717) is 11.3 Å². The zero-order valence-electron chi connectivity index (χ0n) is 18.5. The second kappa shape index (κ2) is 10.0. The number of carbonyl (C=O) groups excluding carboxylic acids is 2. The van der Waals surface area contributed by atoms with Crippen LogP contribution in [0.4, 0.5) is 10.5 Å². The second-order valence-corrected chi connectivity index (χ2v) is 7.98. The lowest BCUT2D eigenvalue weighted by Crippen LogP contribution is -2.37. The van der Waals surface area contributed by atoms with Crippen molar-refractivity contribution in [1.82, 2.24) is 5.32 Å². The van der Waals surface area contributed by atoms with Gasteiger partial charge in [0.25, 0.3) is 0 Å². The molecule has 34 heavy (non-hydrogen) atoms. The van der Waals surface area contributed by atoms with Gasteiger partial charge in [0.1, 0.15) is 12.6 Å². The van der Waals surface area contributed by atoms with Crippen molar-refractivity contribution in [2.75, 3.05) is 11.9 Å². The van der Waals surface area contributed by atoms with Crippen molar-refractivity contribution in [3.8, 4) is 11.1 Å². The number of carbonyl (C=O) groups is 3. The van der Waals surface area contributed by atoms with E-state index in [9.17, 15) is 14.4 Å². The Balaban J connectivity index is 1.37. The first-order valence-electron chi connectivity index (χ1n) is 10.9. The van der Waals surface area contributed by atoms with Gasteiger partial charge in [-0.05, 0) is 52.9 Å². The molecule has 0 spiro atoms. The predicted octanol–water partition coefficient (Wildman–Crippen LogP) is 4.65. The Morgan fingerprint density at radius 2 is 1.62 bits per heavy atom.